The molecule has 9 heteroatoms. The Kier molecular flexibility index (Phi) is 10.6. The molecule has 2 aromatic rings. The van der Waals surface area contributed by atoms with Crippen LogP contribution in [0, 0.1) is 0 Å². The molecule has 1 aliphatic rings. The minimum Gasteiger partial charge on any atom is -0.357 e. The van der Waals surface area contributed by atoms with Crippen LogP contribution < -0.4 is 15.5 Å². The van der Waals surface area contributed by atoms with Gasteiger partial charge in [-0.1, -0.05) is 6.07 Å². The highest BCUT2D eigenvalue weighted by atomic mass is 127. The Morgan fingerprint density at radius 1 is 1.00 bits per heavy atom. The second kappa shape index (κ2) is 13.3. The van der Waals surface area contributed by atoms with Crippen LogP contribution in [-0.2, 0) is 6.54 Å². The number of hydrogen-bond donors (Lipinski definition) is 2. The summed E-state index contributed by atoms with van der Waals surface area (Å²) in [6.07, 6.45) is 6.49. The third-order valence-corrected chi connectivity index (χ3v) is 4.62. The molecule has 3 heterocycles. The van der Waals surface area contributed by atoms with Crippen molar-refractivity contribution < 1.29 is 0 Å². The lowest BCUT2D eigenvalue weighted by molar-refractivity contribution is 0.254. The first kappa shape index (κ1) is 23.3. The lowest BCUT2D eigenvalue weighted by Crippen LogP contribution is -2.47. The van der Waals surface area contributed by atoms with Gasteiger partial charge in [-0.25, -0.2) is 15.0 Å². The van der Waals surface area contributed by atoms with E-state index in [1.807, 2.05) is 24.3 Å². The second-order valence-corrected chi connectivity index (χ2v) is 6.67. The molecule has 0 aromatic carbocycles. The number of guanidine groups is 1. The molecular weight excluding hydrogens is 479 g/mol. The predicted octanol–water partition coefficient (Wildman–Crippen LogP) is 1.76. The van der Waals surface area contributed by atoms with E-state index < -0.39 is 0 Å². The summed E-state index contributed by atoms with van der Waals surface area (Å²) < 4.78 is 0. The molecule has 0 bridgehead atoms. The number of nitrogens with zero attached hydrogens (tertiary/aromatic N) is 6. The first-order valence-electron chi connectivity index (χ1n) is 10.0. The van der Waals surface area contributed by atoms with Crippen molar-refractivity contribution in [1.82, 2.24) is 30.5 Å². The number of halogens is 1. The van der Waals surface area contributed by atoms with Crippen molar-refractivity contribution in [2.24, 2.45) is 4.99 Å². The number of aliphatic imine (C=N–C) groups is 1. The Morgan fingerprint density at radius 2 is 1.76 bits per heavy atom. The molecule has 0 unspecified atom stereocenters. The highest BCUT2D eigenvalue weighted by Crippen LogP contribution is 2.09. The van der Waals surface area contributed by atoms with Gasteiger partial charge in [0.2, 0.25) is 5.95 Å². The molecule has 2 N–H and O–H groups in total. The van der Waals surface area contributed by atoms with Crippen LogP contribution in [0.2, 0.25) is 0 Å². The van der Waals surface area contributed by atoms with Gasteiger partial charge < -0.3 is 15.5 Å². The van der Waals surface area contributed by atoms with Crippen LogP contribution in [0.15, 0.2) is 47.8 Å². The van der Waals surface area contributed by atoms with Crippen molar-refractivity contribution in [2.75, 3.05) is 50.7 Å². The monoisotopic (exact) mass is 510 g/mol. The molecule has 0 atom stereocenters. The van der Waals surface area contributed by atoms with E-state index in [-0.39, 0.29) is 24.0 Å². The Morgan fingerprint density at radius 3 is 2.45 bits per heavy atom. The van der Waals surface area contributed by atoms with Crippen molar-refractivity contribution in [3.63, 3.8) is 0 Å². The summed E-state index contributed by atoms with van der Waals surface area (Å²) in [5.41, 5.74) is 0.972. The topological polar surface area (TPSA) is 81.6 Å². The van der Waals surface area contributed by atoms with E-state index in [9.17, 15) is 0 Å². The largest absolute Gasteiger partial charge is 0.357 e. The van der Waals surface area contributed by atoms with Crippen LogP contribution in [0.1, 0.15) is 19.0 Å². The van der Waals surface area contributed by atoms with Gasteiger partial charge in [0.05, 0.1) is 12.2 Å². The lowest BCUT2D eigenvalue weighted by Gasteiger charge is -2.34. The van der Waals surface area contributed by atoms with Crippen molar-refractivity contribution in [3.8, 4) is 0 Å². The van der Waals surface area contributed by atoms with E-state index in [1.54, 1.807) is 18.6 Å². The molecule has 0 amide bonds. The van der Waals surface area contributed by atoms with E-state index in [4.69, 9.17) is 0 Å². The third kappa shape index (κ3) is 8.09. The molecule has 2 aromatic heterocycles. The standard InChI is InChI=1S/C20H30N8.HI/c1-2-21-19(26-17-18-7-3-4-8-22-18)23-11-6-12-27-13-15-28(16-14-27)20-24-9-5-10-25-20;/h3-5,7-10H,2,6,11-17H2,1H3,(H2,21,23,26);1H. The second-order valence-electron chi connectivity index (χ2n) is 6.67. The summed E-state index contributed by atoms with van der Waals surface area (Å²) in [6.45, 7) is 9.53. The highest BCUT2D eigenvalue weighted by molar-refractivity contribution is 14.0. The minimum atomic E-state index is 0. The van der Waals surface area contributed by atoms with E-state index in [2.05, 4.69) is 47.3 Å². The summed E-state index contributed by atoms with van der Waals surface area (Å²) in [4.78, 5) is 22.4. The summed E-state index contributed by atoms with van der Waals surface area (Å²) in [7, 11) is 0. The lowest BCUT2D eigenvalue weighted by atomic mass is 10.3. The fourth-order valence-electron chi connectivity index (χ4n) is 3.13. The first-order valence-corrected chi connectivity index (χ1v) is 10.0. The van der Waals surface area contributed by atoms with Gasteiger partial charge in [-0.3, -0.25) is 9.88 Å². The summed E-state index contributed by atoms with van der Waals surface area (Å²) >= 11 is 0. The summed E-state index contributed by atoms with van der Waals surface area (Å²) in [5.74, 6) is 1.68. The van der Waals surface area contributed by atoms with Gasteiger partial charge in [-0.05, 0) is 38.1 Å². The Hall–Kier alpha value is -2.01. The van der Waals surface area contributed by atoms with E-state index in [1.165, 1.54) is 0 Å². The zero-order valence-corrected chi connectivity index (χ0v) is 19.3. The number of nitrogens with one attached hydrogen (secondary N) is 2. The van der Waals surface area contributed by atoms with Gasteiger partial charge in [-0.2, -0.15) is 0 Å². The number of aromatic nitrogens is 3. The van der Waals surface area contributed by atoms with Crippen LogP contribution in [0.25, 0.3) is 0 Å². The number of anilines is 1. The van der Waals surface area contributed by atoms with Crippen LogP contribution in [-0.4, -0.2) is 71.6 Å². The number of pyridine rings is 1. The Labute approximate surface area is 190 Å². The average Bonchev–Trinajstić information content (AvgIpc) is 2.76. The summed E-state index contributed by atoms with van der Waals surface area (Å²) in [5, 5.41) is 6.71. The average molecular weight is 510 g/mol. The molecule has 1 saturated heterocycles. The van der Waals surface area contributed by atoms with Crippen LogP contribution >= 0.6 is 24.0 Å². The van der Waals surface area contributed by atoms with Gasteiger partial charge in [0.15, 0.2) is 5.96 Å². The molecule has 8 nitrogen and oxygen atoms in total. The molecular formula is C20H31IN8. The SMILES string of the molecule is CCNC(=NCc1ccccn1)NCCCN1CCN(c2ncccn2)CC1.I. The van der Waals surface area contributed by atoms with Crippen LogP contribution in [0.4, 0.5) is 5.95 Å². The maximum absolute atomic E-state index is 4.61. The van der Waals surface area contributed by atoms with Crippen molar-refractivity contribution in [1.29, 1.82) is 0 Å². The molecule has 158 valence electrons. The normalized spacial score (nSPS) is 14.9. The molecule has 0 saturated carbocycles. The van der Waals surface area contributed by atoms with Gasteiger partial charge in [0.25, 0.3) is 0 Å². The summed E-state index contributed by atoms with van der Waals surface area (Å²) in [6, 6.07) is 7.76. The van der Waals surface area contributed by atoms with Crippen molar-refractivity contribution in [3.05, 3.63) is 48.5 Å². The molecule has 0 aliphatic carbocycles. The van der Waals surface area contributed by atoms with Gasteiger partial charge in [0, 0.05) is 57.9 Å². The number of piperazine rings is 1. The number of hydrogen-bond acceptors (Lipinski definition) is 6. The molecule has 1 aliphatic heterocycles. The van der Waals surface area contributed by atoms with Crippen LogP contribution in [0.3, 0.4) is 0 Å². The van der Waals surface area contributed by atoms with E-state index >= 15 is 0 Å². The van der Waals surface area contributed by atoms with Crippen LogP contribution in [0.5, 0.6) is 0 Å². The van der Waals surface area contributed by atoms with Crippen molar-refractivity contribution >= 4 is 35.9 Å². The first-order chi connectivity index (χ1) is 13.8. The zero-order valence-electron chi connectivity index (χ0n) is 17.0. The number of rotatable bonds is 8. The van der Waals surface area contributed by atoms with E-state index in [0.29, 0.717) is 6.54 Å². The zero-order chi connectivity index (χ0) is 19.4. The van der Waals surface area contributed by atoms with Gasteiger partial charge in [0.1, 0.15) is 0 Å². The fraction of sp³-hybridized carbons (Fsp3) is 0.500. The van der Waals surface area contributed by atoms with Gasteiger partial charge >= 0.3 is 0 Å². The van der Waals surface area contributed by atoms with E-state index in [0.717, 1.165) is 69.8 Å². The highest BCUT2D eigenvalue weighted by Gasteiger charge is 2.18. The maximum atomic E-state index is 4.61. The molecule has 29 heavy (non-hydrogen) atoms. The molecule has 3 rings (SSSR count). The Bertz CT molecular complexity index is 705. The van der Waals surface area contributed by atoms with Gasteiger partial charge in [-0.15, -0.1) is 24.0 Å². The molecule has 0 spiro atoms. The smallest absolute Gasteiger partial charge is 0.225 e. The molecule has 1 fully saturated rings. The third-order valence-electron chi connectivity index (χ3n) is 4.62. The van der Waals surface area contributed by atoms with Crippen molar-refractivity contribution in [2.45, 2.75) is 19.9 Å². The quantitative estimate of drug-likeness (QED) is 0.243. The fourth-order valence-corrected chi connectivity index (χ4v) is 3.13. The Balaban J connectivity index is 0.00000300. The minimum absolute atomic E-state index is 0. The molecule has 0 radical (unpaired) electrons. The maximum Gasteiger partial charge on any atom is 0.225 e. The predicted molar refractivity (Wildman–Crippen MR) is 128 cm³/mol.